The molecule has 1 fully saturated rings. The number of hydrogen-bond donors (Lipinski definition) is 2. The summed E-state index contributed by atoms with van der Waals surface area (Å²) in [5.74, 6) is 1.19. The van der Waals surface area contributed by atoms with Crippen molar-refractivity contribution in [1.82, 2.24) is 24.1 Å². The summed E-state index contributed by atoms with van der Waals surface area (Å²) >= 11 is 6.52. The number of sulfonamides is 1. The Morgan fingerprint density at radius 1 is 1.00 bits per heavy atom. The van der Waals surface area contributed by atoms with Crippen LogP contribution in [0, 0.1) is 0 Å². The summed E-state index contributed by atoms with van der Waals surface area (Å²) in [5.41, 5.74) is 4.11. The van der Waals surface area contributed by atoms with Crippen LogP contribution in [-0.4, -0.2) is 120 Å². The number of nitrogens with zero attached hydrogens (tertiary/aromatic N) is 6. The van der Waals surface area contributed by atoms with Crippen molar-refractivity contribution < 1.29 is 22.7 Å². The highest BCUT2D eigenvalue weighted by atomic mass is 35.5. The Hall–Kier alpha value is -3.69. The highest BCUT2D eigenvalue weighted by molar-refractivity contribution is 7.89. The highest BCUT2D eigenvalue weighted by Gasteiger charge is 2.25. The molecule has 1 saturated heterocycles. The van der Waals surface area contributed by atoms with E-state index in [-0.39, 0.29) is 27.6 Å². The Morgan fingerprint density at radius 2 is 1.70 bits per heavy atom. The standard InChI is InChI=1S/C31H41ClN8O5S/c1-37(2)29(41)20-39-10-8-21-16-26(27(44-5)17-22(21)9-11-39)35-31-33-19-24(32)30(36-31)34-25-7-6-23(40-12-14-45-15-13-40)18-28(25)46(42,43)38(3)4/h6-7,16-19H,8-15,20H2,1-5H3,(H2,33,34,35,36). The van der Waals surface area contributed by atoms with Crippen LogP contribution < -0.4 is 20.3 Å². The Kier molecular flexibility index (Phi) is 10.5. The molecule has 0 atom stereocenters. The first kappa shape index (κ1) is 33.7. The van der Waals surface area contributed by atoms with Crippen LogP contribution in [0.25, 0.3) is 0 Å². The molecule has 13 nitrogen and oxygen atoms in total. The van der Waals surface area contributed by atoms with E-state index in [1.807, 2.05) is 18.2 Å². The minimum atomic E-state index is -3.83. The Balaban J connectivity index is 1.40. The van der Waals surface area contributed by atoms with E-state index in [1.54, 1.807) is 38.2 Å². The van der Waals surface area contributed by atoms with Crippen LogP contribution in [0.1, 0.15) is 11.1 Å². The monoisotopic (exact) mass is 672 g/mol. The molecule has 2 aliphatic rings. The van der Waals surface area contributed by atoms with Crippen molar-refractivity contribution in [3.63, 3.8) is 0 Å². The van der Waals surface area contributed by atoms with Crippen LogP contribution in [0.5, 0.6) is 5.75 Å². The van der Waals surface area contributed by atoms with Gasteiger partial charge in [0.05, 0.1) is 44.4 Å². The summed E-state index contributed by atoms with van der Waals surface area (Å²) in [5, 5.41) is 6.61. The molecule has 2 N–H and O–H groups in total. The molecule has 3 aromatic rings. The van der Waals surface area contributed by atoms with Gasteiger partial charge in [0.1, 0.15) is 15.7 Å². The van der Waals surface area contributed by atoms with Crippen molar-refractivity contribution in [3.05, 3.63) is 52.7 Å². The van der Waals surface area contributed by atoms with Crippen LogP contribution >= 0.6 is 11.6 Å². The van der Waals surface area contributed by atoms with Gasteiger partial charge in [0.25, 0.3) is 0 Å². The van der Waals surface area contributed by atoms with Gasteiger partial charge in [-0.25, -0.2) is 17.7 Å². The lowest BCUT2D eigenvalue weighted by Crippen LogP contribution is -2.37. The van der Waals surface area contributed by atoms with E-state index in [4.69, 9.17) is 21.1 Å². The minimum Gasteiger partial charge on any atom is -0.495 e. The second-order valence-electron chi connectivity index (χ2n) is 11.6. The average molecular weight is 673 g/mol. The number of hydrogen-bond acceptors (Lipinski definition) is 11. The molecule has 248 valence electrons. The molecule has 5 rings (SSSR count). The fourth-order valence-corrected chi connectivity index (χ4v) is 6.56. The normalized spacial score (nSPS) is 15.7. The molecule has 46 heavy (non-hydrogen) atoms. The maximum absolute atomic E-state index is 13.4. The third-order valence-corrected chi connectivity index (χ3v) is 10.2. The number of anilines is 5. The van der Waals surface area contributed by atoms with Crippen LogP contribution in [0.2, 0.25) is 5.02 Å². The number of amides is 1. The molecule has 0 saturated carbocycles. The van der Waals surface area contributed by atoms with Gasteiger partial charge < -0.3 is 29.9 Å². The summed E-state index contributed by atoms with van der Waals surface area (Å²) in [6, 6.07) is 9.29. The summed E-state index contributed by atoms with van der Waals surface area (Å²) in [4.78, 5) is 27.2. The Labute approximate surface area is 275 Å². The molecule has 0 unspecified atom stereocenters. The lowest BCUT2D eigenvalue weighted by molar-refractivity contribution is -0.129. The topological polar surface area (TPSA) is 132 Å². The van der Waals surface area contributed by atoms with Crippen LogP contribution in [-0.2, 0) is 32.4 Å². The molecule has 0 radical (unpaired) electrons. The van der Waals surface area contributed by atoms with Crippen LogP contribution in [0.3, 0.4) is 0 Å². The van der Waals surface area contributed by atoms with Crippen molar-refractivity contribution in [2.24, 2.45) is 0 Å². The van der Waals surface area contributed by atoms with E-state index in [1.165, 1.54) is 24.6 Å². The predicted octanol–water partition coefficient (Wildman–Crippen LogP) is 3.20. The van der Waals surface area contributed by atoms with E-state index in [0.717, 1.165) is 42.7 Å². The quantitative estimate of drug-likeness (QED) is 0.329. The predicted molar refractivity (Wildman–Crippen MR) is 179 cm³/mol. The fourth-order valence-electron chi connectivity index (χ4n) is 5.36. The Bertz CT molecular complexity index is 1680. The van der Waals surface area contributed by atoms with Gasteiger partial charge in [-0.05, 0) is 54.3 Å². The number of halogens is 1. The Morgan fingerprint density at radius 3 is 2.35 bits per heavy atom. The summed E-state index contributed by atoms with van der Waals surface area (Å²) in [6.45, 7) is 4.40. The number of rotatable bonds is 10. The fraction of sp³-hybridized carbons (Fsp3) is 0.452. The summed E-state index contributed by atoms with van der Waals surface area (Å²) < 4.78 is 39.2. The molecule has 2 aromatic carbocycles. The molecule has 1 aromatic heterocycles. The second kappa shape index (κ2) is 14.4. The highest BCUT2D eigenvalue weighted by Crippen LogP contribution is 2.35. The summed E-state index contributed by atoms with van der Waals surface area (Å²) in [7, 11) is 4.31. The van der Waals surface area contributed by atoms with Gasteiger partial charge in [0.15, 0.2) is 5.82 Å². The van der Waals surface area contributed by atoms with Crippen molar-refractivity contribution in [2.75, 3.05) is 96.8 Å². The minimum absolute atomic E-state index is 0.0784. The molecule has 0 aliphatic carbocycles. The van der Waals surface area contributed by atoms with Crippen molar-refractivity contribution in [2.45, 2.75) is 17.7 Å². The van der Waals surface area contributed by atoms with Gasteiger partial charge in [-0.3, -0.25) is 9.69 Å². The number of nitrogens with one attached hydrogen (secondary N) is 2. The third kappa shape index (κ3) is 7.64. The first-order chi connectivity index (χ1) is 22.0. The van der Waals surface area contributed by atoms with E-state index in [2.05, 4.69) is 30.4 Å². The lowest BCUT2D eigenvalue weighted by Gasteiger charge is -2.29. The molecular formula is C31H41ClN8O5S. The maximum atomic E-state index is 13.4. The number of carbonyl (C=O) groups excluding carboxylic acids is 1. The van der Waals surface area contributed by atoms with Gasteiger partial charge in [-0.1, -0.05) is 11.6 Å². The number of benzene rings is 2. The molecular weight excluding hydrogens is 632 g/mol. The number of carbonyl (C=O) groups is 1. The number of morpholine rings is 1. The number of fused-ring (bicyclic) bond motifs is 1. The van der Waals surface area contributed by atoms with Gasteiger partial charge in [0.2, 0.25) is 21.9 Å². The molecule has 0 bridgehead atoms. The van der Waals surface area contributed by atoms with Crippen LogP contribution in [0.15, 0.2) is 41.4 Å². The first-order valence-electron chi connectivity index (χ1n) is 15.0. The SMILES string of the molecule is COc1cc2c(cc1Nc1ncc(Cl)c(Nc3ccc(N4CCOCC4)cc3S(=O)(=O)N(C)C)n1)CCN(CC(=O)N(C)C)CC2. The van der Waals surface area contributed by atoms with E-state index in [0.29, 0.717) is 50.0 Å². The second-order valence-corrected chi connectivity index (χ2v) is 14.1. The largest absolute Gasteiger partial charge is 0.495 e. The number of aromatic nitrogens is 2. The molecule has 3 heterocycles. The molecule has 1 amide bonds. The zero-order chi connectivity index (χ0) is 33.0. The van der Waals surface area contributed by atoms with E-state index in [9.17, 15) is 13.2 Å². The van der Waals surface area contributed by atoms with E-state index < -0.39 is 10.0 Å². The van der Waals surface area contributed by atoms with Gasteiger partial charge in [-0.2, -0.15) is 4.98 Å². The lowest BCUT2D eigenvalue weighted by atomic mass is 10.0. The number of likely N-dealkylation sites (N-methyl/N-ethyl adjacent to an activating group) is 1. The van der Waals surface area contributed by atoms with Gasteiger partial charge in [0, 0.05) is 60.1 Å². The first-order valence-corrected chi connectivity index (χ1v) is 16.9. The van der Waals surface area contributed by atoms with Gasteiger partial charge >= 0.3 is 0 Å². The average Bonchev–Trinajstić information content (AvgIpc) is 3.24. The van der Waals surface area contributed by atoms with Gasteiger partial charge in [-0.15, -0.1) is 0 Å². The summed E-state index contributed by atoms with van der Waals surface area (Å²) in [6.07, 6.45) is 3.02. The molecule has 15 heteroatoms. The maximum Gasteiger partial charge on any atom is 0.244 e. The zero-order valence-corrected chi connectivity index (χ0v) is 28.4. The smallest absolute Gasteiger partial charge is 0.244 e. The van der Waals surface area contributed by atoms with Crippen molar-refractivity contribution in [1.29, 1.82) is 0 Å². The zero-order valence-electron chi connectivity index (χ0n) is 26.8. The molecule has 0 spiro atoms. The van der Waals surface area contributed by atoms with Crippen molar-refractivity contribution in [3.8, 4) is 5.75 Å². The molecule has 2 aliphatic heterocycles. The van der Waals surface area contributed by atoms with Crippen LogP contribution in [0.4, 0.5) is 28.8 Å². The third-order valence-electron chi connectivity index (χ3n) is 8.12. The number of methoxy groups -OCH3 is 1. The van der Waals surface area contributed by atoms with E-state index >= 15 is 0 Å². The van der Waals surface area contributed by atoms with Crippen molar-refractivity contribution >= 4 is 56.4 Å². The number of ether oxygens (including phenoxy) is 2.